The maximum Gasteiger partial charge on any atom is 0.339 e. The average molecular weight is 273 g/mol. The number of carbonyl (C=O) groups is 1. The number of carbonyl (C=O) groups excluding carboxylic acids is 1. The van der Waals surface area contributed by atoms with E-state index < -0.39 is 0 Å². The van der Waals surface area contributed by atoms with Crippen molar-refractivity contribution >= 4 is 11.7 Å². The maximum atomic E-state index is 11.8. The van der Waals surface area contributed by atoms with Crippen molar-refractivity contribution in [3.8, 4) is 0 Å². The lowest BCUT2D eigenvalue weighted by Gasteiger charge is -2.18. The third-order valence-corrected chi connectivity index (χ3v) is 3.25. The van der Waals surface area contributed by atoms with E-state index in [1.54, 1.807) is 6.20 Å². The lowest BCUT2D eigenvalue weighted by atomic mass is 10.1. The second-order valence-electron chi connectivity index (χ2n) is 4.79. The summed E-state index contributed by atoms with van der Waals surface area (Å²) in [5.74, 6) is -0.339. The number of nitrogens with one attached hydrogen (secondary N) is 1. The number of methoxy groups -OCH3 is 1. The molecule has 5 heteroatoms. The molecule has 0 aliphatic heterocycles. The van der Waals surface area contributed by atoms with E-state index >= 15 is 0 Å². The smallest absolute Gasteiger partial charge is 0.339 e. The second kappa shape index (κ2) is 5.77. The molecule has 0 amide bonds. The molecule has 1 N–H and O–H groups in total. The summed E-state index contributed by atoms with van der Waals surface area (Å²) >= 11 is 0. The highest BCUT2D eigenvalue weighted by molar-refractivity contribution is 5.95. The molecule has 1 aromatic heterocycles. The molecular formula is C15H19N3O2. The third kappa shape index (κ3) is 2.82. The molecule has 0 fully saturated rings. The van der Waals surface area contributed by atoms with E-state index in [1.807, 2.05) is 49.8 Å². The number of nitrogens with zero attached hydrogens (tertiary/aromatic N) is 2. The molecule has 0 aliphatic rings. The first-order chi connectivity index (χ1) is 9.52. The molecule has 2 rings (SSSR count). The van der Waals surface area contributed by atoms with Crippen LogP contribution in [0.25, 0.3) is 0 Å². The summed E-state index contributed by atoms with van der Waals surface area (Å²) in [6, 6.07) is 7.67. The van der Waals surface area contributed by atoms with Crippen molar-refractivity contribution in [2.24, 2.45) is 7.05 Å². The summed E-state index contributed by atoms with van der Waals surface area (Å²) in [5.41, 5.74) is 3.36. The van der Waals surface area contributed by atoms with Gasteiger partial charge in [-0.1, -0.05) is 11.6 Å². The molecule has 0 spiro atoms. The minimum Gasteiger partial charge on any atom is -0.465 e. The topological polar surface area (TPSA) is 56.1 Å². The molecule has 0 saturated heterocycles. The van der Waals surface area contributed by atoms with Crippen molar-refractivity contribution in [3.63, 3.8) is 0 Å². The van der Waals surface area contributed by atoms with Gasteiger partial charge in [-0.2, -0.15) is 5.10 Å². The number of aromatic nitrogens is 2. The summed E-state index contributed by atoms with van der Waals surface area (Å²) in [5, 5.41) is 7.49. The van der Waals surface area contributed by atoms with Gasteiger partial charge < -0.3 is 10.1 Å². The predicted molar refractivity (Wildman–Crippen MR) is 77.8 cm³/mol. The van der Waals surface area contributed by atoms with Crippen LogP contribution in [0.1, 0.15) is 34.6 Å². The van der Waals surface area contributed by atoms with Gasteiger partial charge in [-0.05, 0) is 32.0 Å². The Labute approximate surface area is 118 Å². The molecule has 2 aromatic rings. The second-order valence-corrected chi connectivity index (χ2v) is 4.79. The van der Waals surface area contributed by atoms with E-state index in [9.17, 15) is 4.79 Å². The molecule has 1 heterocycles. The molecular weight excluding hydrogens is 254 g/mol. The van der Waals surface area contributed by atoms with Gasteiger partial charge in [0.1, 0.15) is 0 Å². The van der Waals surface area contributed by atoms with Crippen LogP contribution in [0, 0.1) is 6.92 Å². The first-order valence-electron chi connectivity index (χ1n) is 6.46. The largest absolute Gasteiger partial charge is 0.465 e. The molecule has 1 unspecified atom stereocenters. The normalized spacial score (nSPS) is 12.0. The van der Waals surface area contributed by atoms with Crippen LogP contribution in [-0.4, -0.2) is 22.9 Å². The number of esters is 1. The lowest BCUT2D eigenvalue weighted by molar-refractivity contribution is 0.0601. The summed E-state index contributed by atoms with van der Waals surface area (Å²) < 4.78 is 6.64. The highest BCUT2D eigenvalue weighted by Crippen LogP contribution is 2.23. The molecule has 106 valence electrons. The molecule has 5 nitrogen and oxygen atoms in total. The van der Waals surface area contributed by atoms with E-state index in [-0.39, 0.29) is 12.0 Å². The summed E-state index contributed by atoms with van der Waals surface area (Å²) in [6.07, 6.45) is 1.75. The molecule has 20 heavy (non-hydrogen) atoms. The number of ether oxygens (including phenoxy) is 1. The van der Waals surface area contributed by atoms with Gasteiger partial charge in [0.05, 0.1) is 24.4 Å². The minimum atomic E-state index is -0.339. The van der Waals surface area contributed by atoms with Crippen LogP contribution in [0.4, 0.5) is 5.69 Å². The van der Waals surface area contributed by atoms with Crippen LogP contribution in [0.15, 0.2) is 30.5 Å². The standard InChI is InChI=1S/C15H19N3O2/c1-10-5-6-13(12(9-10)15(19)20-4)17-11(2)14-7-8-16-18(14)3/h5-9,11,17H,1-4H3. The summed E-state index contributed by atoms with van der Waals surface area (Å²) in [6.45, 7) is 3.97. The Hall–Kier alpha value is -2.30. The Morgan fingerprint density at radius 2 is 2.15 bits per heavy atom. The lowest BCUT2D eigenvalue weighted by Crippen LogP contribution is -2.14. The molecule has 0 aliphatic carbocycles. The Morgan fingerprint density at radius 1 is 1.40 bits per heavy atom. The van der Waals surface area contributed by atoms with Gasteiger partial charge in [-0.25, -0.2) is 4.79 Å². The van der Waals surface area contributed by atoms with Gasteiger partial charge in [-0.3, -0.25) is 4.68 Å². The van der Waals surface area contributed by atoms with Crippen LogP contribution in [0.5, 0.6) is 0 Å². The fourth-order valence-corrected chi connectivity index (χ4v) is 2.18. The average Bonchev–Trinajstić information content (AvgIpc) is 2.86. The SMILES string of the molecule is COC(=O)c1cc(C)ccc1NC(C)c1ccnn1C. The summed E-state index contributed by atoms with van der Waals surface area (Å²) in [4.78, 5) is 11.8. The number of benzene rings is 1. The van der Waals surface area contributed by atoms with E-state index in [0.717, 1.165) is 16.9 Å². The fourth-order valence-electron chi connectivity index (χ4n) is 2.18. The van der Waals surface area contributed by atoms with Crippen LogP contribution in [0.3, 0.4) is 0 Å². The fraction of sp³-hybridized carbons (Fsp3) is 0.333. The van der Waals surface area contributed by atoms with E-state index in [1.165, 1.54) is 7.11 Å². The number of rotatable bonds is 4. The van der Waals surface area contributed by atoms with Gasteiger partial charge in [0, 0.05) is 18.9 Å². The molecule has 1 atom stereocenters. The number of hydrogen-bond donors (Lipinski definition) is 1. The quantitative estimate of drug-likeness (QED) is 0.870. The van der Waals surface area contributed by atoms with Crippen molar-refractivity contribution in [1.29, 1.82) is 0 Å². The van der Waals surface area contributed by atoms with Gasteiger partial charge in [-0.15, -0.1) is 0 Å². The third-order valence-electron chi connectivity index (χ3n) is 3.25. The number of aryl methyl sites for hydroxylation is 2. The zero-order chi connectivity index (χ0) is 14.7. The molecule has 0 bridgehead atoms. The Balaban J connectivity index is 2.29. The highest BCUT2D eigenvalue weighted by atomic mass is 16.5. The van der Waals surface area contributed by atoms with Crippen LogP contribution < -0.4 is 5.32 Å². The van der Waals surface area contributed by atoms with Gasteiger partial charge in [0.25, 0.3) is 0 Å². The zero-order valence-electron chi connectivity index (χ0n) is 12.2. The Bertz CT molecular complexity index is 619. The van der Waals surface area contributed by atoms with Crippen molar-refractivity contribution < 1.29 is 9.53 Å². The predicted octanol–water partition coefficient (Wildman–Crippen LogP) is 2.69. The Kier molecular flexibility index (Phi) is 4.08. The van der Waals surface area contributed by atoms with E-state index in [4.69, 9.17) is 4.74 Å². The van der Waals surface area contributed by atoms with Crippen molar-refractivity contribution in [2.75, 3.05) is 12.4 Å². The summed E-state index contributed by atoms with van der Waals surface area (Å²) in [7, 11) is 3.28. The van der Waals surface area contributed by atoms with Gasteiger partial charge in [0.15, 0.2) is 0 Å². The van der Waals surface area contributed by atoms with E-state index in [2.05, 4.69) is 10.4 Å². The molecule has 0 saturated carbocycles. The van der Waals surface area contributed by atoms with Crippen molar-refractivity contribution in [1.82, 2.24) is 9.78 Å². The van der Waals surface area contributed by atoms with Crippen molar-refractivity contribution in [3.05, 3.63) is 47.3 Å². The van der Waals surface area contributed by atoms with Gasteiger partial charge in [0.2, 0.25) is 0 Å². The zero-order valence-corrected chi connectivity index (χ0v) is 12.2. The Morgan fingerprint density at radius 3 is 2.75 bits per heavy atom. The van der Waals surface area contributed by atoms with E-state index in [0.29, 0.717) is 5.56 Å². The highest BCUT2D eigenvalue weighted by Gasteiger charge is 2.15. The van der Waals surface area contributed by atoms with Crippen LogP contribution in [-0.2, 0) is 11.8 Å². The van der Waals surface area contributed by atoms with Crippen LogP contribution in [0.2, 0.25) is 0 Å². The van der Waals surface area contributed by atoms with Crippen LogP contribution >= 0.6 is 0 Å². The van der Waals surface area contributed by atoms with Gasteiger partial charge >= 0.3 is 5.97 Å². The number of hydrogen-bond acceptors (Lipinski definition) is 4. The first-order valence-corrected chi connectivity index (χ1v) is 6.46. The number of anilines is 1. The molecule has 0 radical (unpaired) electrons. The molecule has 1 aromatic carbocycles. The minimum absolute atomic E-state index is 0.0358. The van der Waals surface area contributed by atoms with Crippen molar-refractivity contribution in [2.45, 2.75) is 19.9 Å². The first kappa shape index (κ1) is 14.1. The monoisotopic (exact) mass is 273 g/mol. The maximum absolute atomic E-state index is 11.8.